The van der Waals surface area contributed by atoms with Crippen molar-refractivity contribution < 1.29 is 22.7 Å². The number of aromatic nitrogens is 2. The fraction of sp³-hybridized carbons (Fsp3) is 0.333. The third-order valence-corrected chi connectivity index (χ3v) is 7.41. The van der Waals surface area contributed by atoms with Crippen LogP contribution in [0.5, 0.6) is 5.75 Å². The van der Waals surface area contributed by atoms with Crippen LogP contribution in [0.3, 0.4) is 0 Å². The molecule has 0 aliphatic rings. The molecule has 4 rings (SSSR count). The Morgan fingerprint density at radius 1 is 1.20 bits per heavy atom. The van der Waals surface area contributed by atoms with Crippen molar-refractivity contribution in [2.75, 3.05) is 19.4 Å². The molecule has 8 nitrogen and oxygen atoms in total. The Morgan fingerprint density at radius 2 is 1.97 bits per heavy atom. The Balaban J connectivity index is 1.45. The molecule has 35 heavy (non-hydrogen) atoms. The van der Waals surface area contributed by atoms with Crippen LogP contribution in [-0.2, 0) is 14.6 Å². The molecule has 2 heterocycles. The molecule has 0 saturated heterocycles. The van der Waals surface area contributed by atoms with E-state index in [1.807, 2.05) is 43.5 Å². The lowest BCUT2D eigenvalue weighted by atomic mass is 10.1. The Hall–Kier alpha value is -2.82. The number of halogens is 1. The highest BCUT2D eigenvalue weighted by Crippen LogP contribution is 2.34. The van der Waals surface area contributed by atoms with Crippen LogP contribution in [0.25, 0.3) is 26.4 Å². The molecule has 1 N–H and O–H groups in total. The van der Waals surface area contributed by atoms with Gasteiger partial charge in [-0.25, -0.2) is 18.2 Å². The van der Waals surface area contributed by atoms with Gasteiger partial charge in [-0.05, 0) is 57.5 Å². The number of fused-ring (bicyclic) bond motifs is 3. The predicted octanol–water partition coefficient (Wildman–Crippen LogP) is 5.57. The summed E-state index contributed by atoms with van der Waals surface area (Å²) >= 11 is 7.74. The number of carbonyl (C=O) groups is 1. The summed E-state index contributed by atoms with van der Waals surface area (Å²) in [5, 5.41) is 3.18. The van der Waals surface area contributed by atoms with E-state index in [0.717, 1.165) is 26.4 Å². The van der Waals surface area contributed by atoms with Gasteiger partial charge in [0.1, 0.15) is 11.4 Å². The van der Waals surface area contributed by atoms with Gasteiger partial charge >= 0.3 is 6.09 Å². The third kappa shape index (κ3) is 6.06. The highest BCUT2D eigenvalue weighted by Gasteiger charge is 2.16. The number of amides is 1. The number of sulfone groups is 1. The molecule has 0 radical (unpaired) electrons. The van der Waals surface area contributed by atoms with Crippen molar-refractivity contribution in [3.8, 4) is 17.0 Å². The summed E-state index contributed by atoms with van der Waals surface area (Å²) in [4.78, 5) is 17.5. The quantitative estimate of drug-likeness (QED) is 0.311. The van der Waals surface area contributed by atoms with Gasteiger partial charge in [0.15, 0.2) is 14.8 Å². The molecule has 0 aliphatic heterocycles. The molecule has 0 saturated carbocycles. The molecule has 186 valence electrons. The number of nitrogens with zero attached hydrogens (tertiary/aromatic N) is 2. The average Bonchev–Trinajstić information content (AvgIpc) is 3.30. The SMILES string of the molecule is CC(C)(C)OC(=O)NCCCOc1cc(-c2cn3c(n2)sc2cc(S(C)(=O)=O)ccc23)ccc1Cl. The lowest BCUT2D eigenvalue weighted by Gasteiger charge is -2.19. The Labute approximate surface area is 212 Å². The lowest BCUT2D eigenvalue weighted by molar-refractivity contribution is 0.0525. The van der Waals surface area contributed by atoms with Crippen molar-refractivity contribution in [1.82, 2.24) is 14.7 Å². The molecule has 4 aromatic rings. The maximum Gasteiger partial charge on any atom is 0.407 e. The van der Waals surface area contributed by atoms with Gasteiger partial charge < -0.3 is 14.8 Å². The zero-order valence-electron chi connectivity index (χ0n) is 19.8. The monoisotopic (exact) mass is 535 g/mol. The van der Waals surface area contributed by atoms with E-state index >= 15 is 0 Å². The van der Waals surface area contributed by atoms with Gasteiger partial charge in [0.05, 0.1) is 32.4 Å². The molecule has 11 heteroatoms. The zero-order chi connectivity index (χ0) is 25.4. The average molecular weight is 536 g/mol. The summed E-state index contributed by atoms with van der Waals surface area (Å²) in [6, 6.07) is 10.5. The van der Waals surface area contributed by atoms with Gasteiger partial charge in [-0.2, -0.15) is 0 Å². The molecule has 0 spiro atoms. The van der Waals surface area contributed by atoms with Gasteiger partial charge in [-0.1, -0.05) is 29.0 Å². The summed E-state index contributed by atoms with van der Waals surface area (Å²) < 4.78 is 37.5. The first-order valence-electron chi connectivity index (χ1n) is 10.9. The van der Waals surface area contributed by atoms with Crippen molar-refractivity contribution in [3.05, 3.63) is 47.6 Å². The molecule has 2 aromatic heterocycles. The minimum absolute atomic E-state index is 0.288. The molecular weight excluding hydrogens is 510 g/mol. The fourth-order valence-electron chi connectivity index (χ4n) is 3.38. The molecule has 0 unspecified atom stereocenters. The molecular formula is C24H26ClN3O5S2. The molecule has 2 aromatic carbocycles. The van der Waals surface area contributed by atoms with Gasteiger partial charge in [-0.15, -0.1) is 0 Å². The van der Waals surface area contributed by atoms with Crippen LogP contribution in [0.1, 0.15) is 27.2 Å². The number of ether oxygens (including phenoxy) is 2. The molecule has 0 fully saturated rings. The van der Waals surface area contributed by atoms with Gasteiger partial charge in [-0.3, -0.25) is 4.40 Å². The van der Waals surface area contributed by atoms with E-state index in [2.05, 4.69) is 5.32 Å². The standard InChI is InChI=1S/C24H26ClN3O5S2/c1-24(2,3)33-23(29)26-10-5-11-32-20-12-15(6-8-17(20)25)18-14-28-19-9-7-16(35(4,30)31)13-21(19)34-22(28)27-18/h6-9,12-14H,5,10-11H2,1-4H3,(H,26,29). The van der Waals surface area contributed by atoms with E-state index in [4.69, 9.17) is 26.1 Å². The maximum atomic E-state index is 11.9. The predicted molar refractivity (Wildman–Crippen MR) is 138 cm³/mol. The molecule has 0 bridgehead atoms. The first-order valence-corrected chi connectivity index (χ1v) is 14.0. The second-order valence-corrected chi connectivity index (χ2v) is 12.5. The molecule has 1 amide bonds. The second kappa shape index (κ2) is 9.67. The van der Waals surface area contributed by atoms with E-state index < -0.39 is 21.5 Å². The van der Waals surface area contributed by atoms with Crippen LogP contribution in [0.15, 0.2) is 47.5 Å². The number of imidazole rings is 1. The van der Waals surface area contributed by atoms with Crippen molar-refractivity contribution >= 4 is 54.0 Å². The summed E-state index contributed by atoms with van der Waals surface area (Å²) in [5.74, 6) is 0.528. The number of hydrogen-bond acceptors (Lipinski definition) is 7. The largest absolute Gasteiger partial charge is 0.492 e. The fourth-order valence-corrected chi connectivity index (χ4v) is 5.32. The van der Waals surface area contributed by atoms with Crippen LogP contribution >= 0.6 is 22.9 Å². The van der Waals surface area contributed by atoms with E-state index in [1.165, 1.54) is 17.6 Å². The Kier molecular flexibility index (Phi) is 6.99. The van der Waals surface area contributed by atoms with E-state index in [0.29, 0.717) is 30.3 Å². The molecule has 0 atom stereocenters. The number of carbonyl (C=O) groups excluding carboxylic acids is 1. The van der Waals surface area contributed by atoms with Crippen LogP contribution in [0, 0.1) is 0 Å². The number of hydrogen-bond donors (Lipinski definition) is 1. The van der Waals surface area contributed by atoms with Crippen molar-refractivity contribution in [1.29, 1.82) is 0 Å². The van der Waals surface area contributed by atoms with Crippen LogP contribution in [0.4, 0.5) is 4.79 Å². The highest BCUT2D eigenvalue weighted by atomic mass is 35.5. The highest BCUT2D eigenvalue weighted by molar-refractivity contribution is 7.90. The zero-order valence-corrected chi connectivity index (χ0v) is 22.2. The number of rotatable bonds is 7. The third-order valence-electron chi connectivity index (χ3n) is 4.97. The van der Waals surface area contributed by atoms with E-state index in [-0.39, 0.29) is 4.90 Å². The smallest absolute Gasteiger partial charge is 0.407 e. The topological polar surface area (TPSA) is 99.0 Å². The van der Waals surface area contributed by atoms with E-state index in [9.17, 15) is 13.2 Å². The van der Waals surface area contributed by atoms with Crippen molar-refractivity contribution in [3.63, 3.8) is 0 Å². The number of alkyl carbamates (subject to hydrolysis) is 1. The second-order valence-electron chi connectivity index (χ2n) is 9.06. The van der Waals surface area contributed by atoms with Crippen molar-refractivity contribution in [2.45, 2.75) is 37.7 Å². The minimum Gasteiger partial charge on any atom is -0.492 e. The van der Waals surface area contributed by atoms with Gasteiger partial charge in [0.25, 0.3) is 0 Å². The van der Waals surface area contributed by atoms with Crippen molar-refractivity contribution in [2.24, 2.45) is 0 Å². The van der Waals surface area contributed by atoms with Gasteiger partial charge in [0, 0.05) is 24.6 Å². The summed E-state index contributed by atoms with van der Waals surface area (Å²) in [6.45, 7) is 6.21. The minimum atomic E-state index is -3.27. The Bertz CT molecular complexity index is 1500. The normalized spacial score (nSPS) is 12.3. The first kappa shape index (κ1) is 25.3. The van der Waals surface area contributed by atoms with E-state index in [1.54, 1.807) is 24.3 Å². The maximum absolute atomic E-state index is 11.9. The summed E-state index contributed by atoms with van der Waals surface area (Å²) in [7, 11) is -3.27. The van der Waals surface area contributed by atoms with Crippen LogP contribution < -0.4 is 10.1 Å². The summed E-state index contributed by atoms with van der Waals surface area (Å²) in [5.41, 5.74) is 1.94. The summed E-state index contributed by atoms with van der Waals surface area (Å²) in [6.07, 6.45) is 3.23. The Morgan fingerprint density at radius 3 is 2.69 bits per heavy atom. The number of nitrogens with one attached hydrogen (secondary N) is 1. The molecule has 0 aliphatic carbocycles. The van der Waals surface area contributed by atoms with Gasteiger partial charge in [0.2, 0.25) is 0 Å². The van der Waals surface area contributed by atoms with Crippen LogP contribution in [0.2, 0.25) is 5.02 Å². The first-order chi connectivity index (χ1) is 16.4. The number of thiazole rings is 1. The lowest BCUT2D eigenvalue weighted by Crippen LogP contribution is -2.33. The van der Waals surface area contributed by atoms with Crippen LogP contribution in [-0.4, -0.2) is 48.9 Å². The number of benzene rings is 2.